The highest BCUT2D eigenvalue weighted by atomic mass is 79.9. The number of fused-ring (bicyclic) bond motifs is 3. The lowest BCUT2D eigenvalue weighted by atomic mass is 9.67. The molecule has 7 rings (SSSR count). The summed E-state index contributed by atoms with van der Waals surface area (Å²) in [7, 11) is 0. The van der Waals surface area contributed by atoms with Crippen LogP contribution in [0.4, 0.5) is 0 Å². The van der Waals surface area contributed by atoms with E-state index in [0.29, 0.717) is 0 Å². The van der Waals surface area contributed by atoms with Gasteiger partial charge in [0, 0.05) is 8.95 Å². The molecule has 0 fully saturated rings. The monoisotopic (exact) mass is 794 g/mol. The van der Waals surface area contributed by atoms with Gasteiger partial charge in [-0.15, -0.1) is 0 Å². The van der Waals surface area contributed by atoms with Crippen molar-refractivity contribution < 1.29 is 0 Å². The van der Waals surface area contributed by atoms with Crippen molar-refractivity contribution in [3.8, 4) is 33.4 Å². The van der Waals surface area contributed by atoms with Crippen LogP contribution in [0.3, 0.4) is 0 Å². The zero-order valence-corrected chi connectivity index (χ0v) is 33.2. The molecule has 6 aromatic rings. The Balaban J connectivity index is 1.34. The first-order chi connectivity index (χ1) is 25.0. The van der Waals surface area contributed by atoms with Crippen molar-refractivity contribution >= 4 is 31.9 Å². The Labute approximate surface area is 322 Å². The van der Waals surface area contributed by atoms with Crippen LogP contribution in [0.25, 0.3) is 33.4 Å². The molecule has 0 N–H and O–H groups in total. The van der Waals surface area contributed by atoms with Gasteiger partial charge in [-0.05, 0) is 129 Å². The molecular weight excluding hydrogens is 748 g/mol. The van der Waals surface area contributed by atoms with Gasteiger partial charge in [0.15, 0.2) is 0 Å². The molecule has 0 aliphatic heterocycles. The smallest absolute Gasteiger partial charge is 0.0654 e. The second-order valence-electron chi connectivity index (χ2n) is 14.3. The van der Waals surface area contributed by atoms with Crippen molar-refractivity contribution in [2.75, 3.05) is 0 Å². The van der Waals surface area contributed by atoms with Gasteiger partial charge < -0.3 is 0 Å². The van der Waals surface area contributed by atoms with Gasteiger partial charge in [-0.2, -0.15) is 0 Å². The first kappa shape index (κ1) is 35.7. The molecule has 0 heterocycles. The molecular formula is C49H48Br2. The van der Waals surface area contributed by atoms with Crippen LogP contribution >= 0.6 is 31.9 Å². The third-order valence-electron chi connectivity index (χ3n) is 10.9. The van der Waals surface area contributed by atoms with Crippen LogP contribution in [-0.2, 0) is 18.3 Å². The highest BCUT2D eigenvalue weighted by Crippen LogP contribution is 2.57. The third kappa shape index (κ3) is 7.46. The SMILES string of the molecule is CCCCCCc1ccc(-c2cccc(C3(c4cccc(-c5ccc(CCCCCC)cc5)c4)c4cc(Br)ccc4-c4ccc(Br)cc43)c2)cc1. The van der Waals surface area contributed by atoms with Crippen molar-refractivity contribution in [3.05, 3.63) is 176 Å². The number of benzene rings is 6. The van der Waals surface area contributed by atoms with Gasteiger partial charge in [-0.25, -0.2) is 0 Å². The number of rotatable bonds is 14. The summed E-state index contributed by atoms with van der Waals surface area (Å²) in [6, 6.07) is 50.9. The maximum absolute atomic E-state index is 3.88. The molecule has 1 aliphatic carbocycles. The predicted molar refractivity (Wildman–Crippen MR) is 226 cm³/mol. The Hall–Kier alpha value is -3.72. The van der Waals surface area contributed by atoms with Crippen molar-refractivity contribution in [2.24, 2.45) is 0 Å². The molecule has 51 heavy (non-hydrogen) atoms. The lowest BCUT2D eigenvalue weighted by Crippen LogP contribution is -2.28. The average molecular weight is 797 g/mol. The lowest BCUT2D eigenvalue weighted by molar-refractivity contribution is 0.667. The van der Waals surface area contributed by atoms with E-state index >= 15 is 0 Å². The van der Waals surface area contributed by atoms with E-state index in [9.17, 15) is 0 Å². The van der Waals surface area contributed by atoms with Crippen LogP contribution in [-0.4, -0.2) is 0 Å². The van der Waals surface area contributed by atoms with Crippen molar-refractivity contribution in [1.29, 1.82) is 0 Å². The quantitative estimate of drug-likeness (QED) is 0.0962. The maximum Gasteiger partial charge on any atom is 0.0714 e. The van der Waals surface area contributed by atoms with E-state index in [1.165, 1.54) is 118 Å². The number of hydrogen-bond donors (Lipinski definition) is 0. The molecule has 0 spiro atoms. The molecule has 0 saturated carbocycles. The van der Waals surface area contributed by atoms with Crippen LogP contribution in [0.15, 0.2) is 142 Å². The highest BCUT2D eigenvalue weighted by molar-refractivity contribution is 9.10. The minimum atomic E-state index is -0.511. The van der Waals surface area contributed by atoms with Crippen molar-refractivity contribution in [1.82, 2.24) is 0 Å². The Bertz CT molecular complexity index is 1940. The average Bonchev–Trinajstić information content (AvgIpc) is 3.45. The minimum Gasteiger partial charge on any atom is -0.0654 e. The van der Waals surface area contributed by atoms with Crippen molar-refractivity contribution in [2.45, 2.75) is 83.5 Å². The molecule has 2 heteroatoms. The standard InChI is InChI=1S/C49H48Br2/c1-3-5-7-9-13-35-19-23-37(24-20-35)39-15-11-17-41(31-39)49(47-33-43(50)27-29-45(47)46-30-28-44(51)34-48(46)49)42-18-12-16-40(32-42)38-25-21-36(22-26-38)14-10-8-6-4-2/h11-12,15-34H,3-10,13-14H2,1-2H3. The fourth-order valence-corrected chi connectivity index (χ4v) is 8.88. The summed E-state index contributed by atoms with van der Waals surface area (Å²) >= 11 is 7.76. The molecule has 0 radical (unpaired) electrons. The molecule has 1 aliphatic rings. The molecule has 0 unspecified atom stereocenters. The van der Waals surface area contributed by atoms with Gasteiger partial charge in [0.2, 0.25) is 0 Å². The predicted octanol–water partition coefficient (Wildman–Crippen LogP) is 15.2. The molecule has 6 aromatic carbocycles. The van der Waals surface area contributed by atoms with Crippen LogP contribution in [0.5, 0.6) is 0 Å². The minimum absolute atomic E-state index is 0.511. The summed E-state index contributed by atoms with van der Waals surface area (Å²) in [6.45, 7) is 4.55. The molecule has 0 aromatic heterocycles. The van der Waals surface area contributed by atoms with E-state index < -0.39 is 5.41 Å². The Kier molecular flexibility index (Phi) is 11.4. The summed E-state index contributed by atoms with van der Waals surface area (Å²) in [6.07, 6.45) is 12.6. The second-order valence-corrected chi connectivity index (χ2v) is 16.1. The second kappa shape index (κ2) is 16.3. The maximum atomic E-state index is 3.88. The van der Waals surface area contributed by atoms with Gasteiger partial charge in [0.05, 0.1) is 5.41 Å². The van der Waals surface area contributed by atoms with E-state index in [0.717, 1.165) is 21.8 Å². The molecule has 0 atom stereocenters. The Morgan fingerprint density at radius 3 is 1.25 bits per heavy atom. The fraction of sp³-hybridized carbons (Fsp3) is 0.265. The van der Waals surface area contributed by atoms with E-state index in [-0.39, 0.29) is 0 Å². The fourth-order valence-electron chi connectivity index (χ4n) is 8.16. The summed E-state index contributed by atoms with van der Waals surface area (Å²) in [5.41, 5.74) is 15.1. The van der Waals surface area contributed by atoms with Crippen molar-refractivity contribution in [3.63, 3.8) is 0 Å². The summed E-state index contributed by atoms with van der Waals surface area (Å²) < 4.78 is 2.18. The zero-order valence-electron chi connectivity index (χ0n) is 30.0. The largest absolute Gasteiger partial charge is 0.0714 e. The van der Waals surface area contributed by atoms with Gasteiger partial charge in [0.25, 0.3) is 0 Å². The van der Waals surface area contributed by atoms with Gasteiger partial charge >= 0.3 is 0 Å². The highest BCUT2D eigenvalue weighted by Gasteiger charge is 2.46. The Morgan fingerprint density at radius 2 is 0.843 bits per heavy atom. The summed E-state index contributed by atoms with van der Waals surface area (Å²) in [4.78, 5) is 0. The summed E-state index contributed by atoms with van der Waals surface area (Å²) in [5.74, 6) is 0. The first-order valence-electron chi connectivity index (χ1n) is 19.0. The van der Waals surface area contributed by atoms with E-state index in [1.54, 1.807) is 0 Å². The summed E-state index contributed by atoms with van der Waals surface area (Å²) in [5, 5.41) is 0. The first-order valence-corrected chi connectivity index (χ1v) is 20.6. The molecule has 0 bridgehead atoms. The van der Waals surface area contributed by atoms with E-state index in [2.05, 4.69) is 179 Å². The van der Waals surface area contributed by atoms with Gasteiger partial charge in [-0.1, -0.05) is 181 Å². The third-order valence-corrected chi connectivity index (χ3v) is 11.9. The molecule has 0 nitrogen and oxygen atoms in total. The number of aryl methyl sites for hydroxylation is 2. The van der Waals surface area contributed by atoms with Crippen LogP contribution in [0, 0.1) is 0 Å². The zero-order chi connectivity index (χ0) is 35.2. The lowest BCUT2D eigenvalue weighted by Gasteiger charge is -2.34. The van der Waals surface area contributed by atoms with Gasteiger partial charge in [0.1, 0.15) is 0 Å². The van der Waals surface area contributed by atoms with Gasteiger partial charge in [-0.3, -0.25) is 0 Å². The molecule has 258 valence electrons. The van der Waals surface area contributed by atoms with Crippen LogP contribution in [0.2, 0.25) is 0 Å². The molecule has 0 saturated heterocycles. The van der Waals surface area contributed by atoms with E-state index in [1.807, 2.05) is 0 Å². The van der Waals surface area contributed by atoms with E-state index in [4.69, 9.17) is 0 Å². The molecule has 0 amide bonds. The van der Waals surface area contributed by atoms with Crippen LogP contribution < -0.4 is 0 Å². The topological polar surface area (TPSA) is 0 Å². The number of unbranched alkanes of at least 4 members (excludes halogenated alkanes) is 6. The normalized spacial score (nSPS) is 12.9. The number of hydrogen-bond acceptors (Lipinski definition) is 0. The van der Waals surface area contributed by atoms with Crippen LogP contribution in [0.1, 0.15) is 98.6 Å². The number of halogens is 2. The Morgan fingerprint density at radius 1 is 0.412 bits per heavy atom.